The summed E-state index contributed by atoms with van der Waals surface area (Å²) in [5, 5.41) is 3.44. The Morgan fingerprint density at radius 2 is 2.08 bits per heavy atom. The summed E-state index contributed by atoms with van der Waals surface area (Å²) in [5.41, 5.74) is 2.31. The number of benzene rings is 2. The van der Waals surface area contributed by atoms with Gasteiger partial charge in [-0.15, -0.1) is 0 Å². The number of ether oxygens (including phenoxy) is 1. The molecule has 1 atom stereocenters. The number of nitrogens with zero attached hydrogens (tertiary/aromatic N) is 1. The van der Waals surface area contributed by atoms with Crippen molar-refractivity contribution >= 4 is 34.8 Å². The van der Waals surface area contributed by atoms with Crippen molar-refractivity contribution in [3.05, 3.63) is 53.1 Å². The van der Waals surface area contributed by atoms with E-state index in [2.05, 4.69) is 5.32 Å². The third-order valence-electron chi connectivity index (χ3n) is 4.30. The first-order valence-electron chi connectivity index (χ1n) is 7.99. The number of hydrogen-bond donors (Lipinski definition) is 1. The van der Waals surface area contributed by atoms with Gasteiger partial charge in [-0.25, -0.2) is 0 Å². The van der Waals surface area contributed by atoms with Crippen LogP contribution >= 0.6 is 11.6 Å². The Balaban J connectivity index is 1.70. The summed E-state index contributed by atoms with van der Waals surface area (Å²) in [6.45, 7) is 2.24. The van der Waals surface area contributed by atoms with Crippen molar-refractivity contribution in [2.75, 3.05) is 23.9 Å². The predicted molar refractivity (Wildman–Crippen MR) is 98.3 cm³/mol. The minimum absolute atomic E-state index is 0.0738. The lowest BCUT2D eigenvalue weighted by Crippen LogP contribution is -2.28. The molecule has 1 aliphatic heterocycles. The van der Waals surface area contributed by atoms with Gasteiger partial charge in [-0.1, -0.05) is 23.7 Å². The van der Waals surface area contributed by atoms with Crippen LogP contribution in [0.2, 0.25) is 5.02 Å². The first-order valence-corrected chi connectivity index (χ1v) is 8.37. The van der Waals surface area contributed by atoms with Crippen LogP contribution in [0.1, 0.15) is 12.0 Å². The normalized spacial score (nSPS) is 16.8. The highest BCUT2D eigenvalue weighted by Gasteiger charge is 2.35. The highest BCUT2D eigenvalue weighted by molar-refractivity contribution is 6.31. The summed E-state index contributed by atoms with van der Waals surface area (Å²) >= 11 is 6.09. The fraction of sp³-hybridized carbons (Fsp3) is 0.263. The molecule has 5 nitrogen and oxygen atoms in total. The summed E-state index contributed by atoms with van der Waals surface area (Å²) < 4.78 is 5.19. The number of amides is 2. The molecule has 6 heteroatoms. The maximum atomic E-state index is 12.5. The van der Waals surface area contributed by atoms with Gasteiger partial charge in [0.05, 0.1) is 13.0 Å². The zero-order valence-corrected chi connectivity index (χ0v) is 14.8. The minimum atomic E-state index is -0.404. The Hall–Kier alpha value is -2.53. The fourth-order valence-electron chi connectivity index (χ4n) is 2.83. The van der Waals surface area contributed by atoms with E-state index in [-0.39, 0.29) is 18.2 Å². The highest BCUT2D eigenvalue weighted by atomic mass is 35.5. The maximum absolute atomic E-state index is 12.5. The number of halogens is 1. The predicted octanol–water partition coefficient (Wildman–Crippen LogP) is 3.65. The molecule has 0 aromatic heterocycles. The van der Waals surface area contributed by atoms with E-state index >= 15 is 0 Å². The molecule has 3 rings (SSSR count). The number of rotatable bonds is 4. The monoisotopic (exact) mass is 358 g/mol. The second-order valence-electron chi connectivity index (χ2n) is 6.06. The Bertz CT molecular complexity index is 822. The largest absolute Gasteiger partial charge is 0.497 e. The topological polar surface area (TPSA) is 58.6 Å². The molecule has 0 saturated carbocycles. The van der Waals surface area contributed by atoms with Crippen LogP contribution < -0.4 is 15.0 Å². The van der Waals surface area contributed by atoms with Crippen LogP contribution in [0.15, 0.2) is 42.5 Å². The van der Waals surface area contributed by atoms with Gasteiger partial charge in [0.2, 0.25) is 11.8 Å². The van der Waals surface area contributed by atoms with Crippen LogP contribution in [-0.4, -0.2) is 25.5 Å². The van der Waals surface area contributed by atoms with Crippen molar-refractivity contribution in [1.82, 2.24) is 0 Å². The average Bonchev–Trinajstić information content (AvgIpc) is 3.00. The lowest BCUT2D eigenvalue weighted by Gasteiger charge is -2.17. The van der Waals surface area contributed by atoms with E-state index in [4.69, 9.17) is 16.3 Å². The Morgan fingerprint density at radius 3 is 2.80 bits per heavy atom. The van der Waals surface area contributed by atoms with E-state index in [1.54, 1.807) is 30.2 Å². The van der Waals surface area contributed by atoms with Crippen LogP contribution in [0, 0.1) is 12.8 Å². The van der Waals surface area contributed by atoms with Crippen molar-refractivity contribution in [1.29, 1.82) is 0 Å². The zero-order valence-electron chi connectivity index (χ0n) is 14.1. The van der Waals surface area contributed by atoms with E-state index in [0.717, 1.165) is 11.3 Å². The molecule has 0 unspecified atom stereocenters. The molecule has 2 aromatic carbocycles. The van der Waals surface area contributed by atoms with Crippen LogP contribution in [0.4, 0.5) is 11.4 Å². The lowest BCUT2D eigenvalue weighted by atomic mass is 10.1. The Morgan fingerprint density at radius 1 is 1.28 bits per heavy atom. The molecule has 130 valence electrons. The third-order valence-corrected chi connectivity index (χ3v) is 4.71. The molecule has 25 heavy (non-hydrogen) atoms. The van der Waals surface area contributed by atoms with Gasteiger partial charge in [-0.3, -0.25) is 9.59 Å². The van der Waals surface area contributed by atoms with Gasteiger partial charge in [-0.05, 0) is 36.8 Å². The van der Waals surface area contributed by atoms with Crippen LogP contribution in [0.25, 0.3) is 0 Å². The molecular weight excluding hydrogens is 340 g/mol. The van der Waals surface area contributed by atoms with E-state index in [1.807, 2.05) is 31.2 Å². The average molecular weight is 359 g/mol. The van der Waals surface area contributed by atoms with Crippen molar-refractivity contribution < 1.29 is 14.3 Å². The second-order valence-corrected chi connectivity index (χ2v) is 6.47. The van der Waals surface area contributed by atoms with E-state index in [9.17, 15) is 9.59 Å². The van der Waals surface area contributed by atoms with Gasteiger partial charge in [-0.2, -0.15) is 0 Å². The fourth-order valence-corrected chi connectivity index (χ4v) is 3.01. The Labute approximate surface area is 151 Å². The van der Waals surface area contributed by atoms with Crippen molar-refractivity contribution in [2.24, 2.45) is 5.92 Å². The highest BCUT2D eigenvalue weighted by Crippen LogP contribution is 2.29. The van der Waals surface area contributed by atoms with Gasteiger partial charge in [0.25, 0.3) is 0 Å². The summed E-state index contributed by atoms with van der Waals surface area (Å²) in [4.78, 5) is 26.4. The SMILES string of the molecule is COc1cccc(N2C[C@H](C(=O)Nc3ccc(C)c(Cl)c3)CC2=O)c1. The van der Waals surface area contributed by atoms with Gasteiger partial charge in [0, 0.05) is 35.4 Å². The van der Waals surface area contributed by atoms with Crippen molar-refractivity contribution in [2.45, 2.75) is 13.3 Å². The number of hydrogen-bond acceptors (Lipinski definition) is 3. The molecule has 1 N–H and O–H groups in total. The zero-order chi connectivity index (χ0) is 18.0. The molecule has 0 spiro atoms. The molecule has 1 heterocycles. The van der Waals surface area contributed by atoms with Gasteiger partial charge < -0.3 is 15.0 Å². The number of carbonyl (C=O) groups is 2. The van der Waals surface area contributed by atoms with E-state index < -0.39 is 5.92 Å². The molecule has 0 aliphatic carbocycles. The van der Waals surface area contributed by atoms with Crippen LogP contribution in [-0.2, 0) is 9.59 Å². The van der Waals surface area contributed by atoms with Gasteiger partial charge in [0.1, 0.15) is 5.75 Å². The summed E-state index contributed by atoms with van der Waals surface area (Å²) in [6.07, 6.45) is 0.183. The molecule has 1 fully saturated rings. The minimum Gasteiger partial charge on any atom is -0.497 e. The van der Waals surface area contributed by atoms with Crippen molar-refractivity contribution in [3.8, 4) is 5.75 Å². The molecule has 0 radical (unpaired) electrons. The molecule has 2 amide bonds. The van der Waals surface area contributed by atoms with E-state index in [1.165, 1.54) is 0 Å². The maximum Gasteiger partial charge on any atom is 0.229 e. The molecular formula is C19H19ClN2O3. The molecule has 2 aromatic rings. The number of methoxy groups -OCH3 is 1. The quantitative estimate of drug-likeness (QED) is 0.907. The first kappa shape index (κ1) is 17.3. The summed E-state index contributed by atoms with van der Waals surface area (Å²) in [7, 11) is 1.58. The van der Waals surface area contributed by atoms with Crippen LogP contribution in [0.3, 0.4) is 0 Å². The van der Waals surface area contributed by atoms with Gasteiger partial charge >= 0.3 is 0 Å². The third kappa shape index (κ3) is 3.77. The number of aryl methyl sites for hydroxylation is 1. The second kappa shape index (κ2) is 7.15. The van der Waals surface area contributed by atoms with Crippen molar-refractivity contribution in [3.63, 3.8) is 0 Å². The van der Waals surface area contributed by atoms with Crippen LogP contribution in [0.5, 0.6) is 5.75 Å². The first-order chi connectivity index (χ1) is 12.0. The van der Waals surface area contributed by atoms with Gasteiger partial charge in [0.15, 0.2) is 0 Å². The van der Waals surface area contributed by atoms with E-state index in [0.29, 0.717) is 23.0 Å². The summed E-state index contributed by atoms with van der Waals surface area (Å²) in [5.74, 6) is 0.0142. The standard InChI is InChI=1S/C19H19ClN2O3/c1-12-6-7-14(9-17(12)20)21-19(24)13-8-18(23)22(11-13)15-4-3-5-16(10-15)25-2/h3-7,9-10,13H,8,11H2,1-2H3,(H,21,24)/t13-/m1/s1. The molecule has 1 saturated heterocycles. The smallest absolute Gasteiger partial charge is 0.229 e. The molecule has 1 aliphatic rings. The number of anilines is 2. The lowest BCUT2D eigenvalue weighted by molar-refractivity contribution is -0.122. The number of nitrogens with one attached hydrogen (secondary N) is 1. The Kier molecular flexibility index (Phi) is 4.95. The summed E-state index contributed by atoms with van der Waals surface area (Å²) in [6, 6.07) is 12.6. The number of carbonyl (C=O) groups excluding carboxylic acids is 2. The molecule has 0 bridgehead atoms.